The molecule has 2 aromatic rings. The fourth-order valence-corrected chi connectivity index (χ4v) is 2.30. The minimum absolute atomic E-state index is 0.0145. The largest absolute Gasteiger partial charge is 0.365 e. The molecule has 0 fully saturated rings. The van der Waals surface area contributed by atoms with Crippen LogP contribution in [0.25, 0.3) is 6.08 Å². The topological polar surface area (TPSA) is 96.2 Å². The summed E-state index contributed by atoms with van der Waals surface area (Å²) in [5, 5.41) is 23.8. The maximum Gasteiger partial charge on any atom is 0.293 e. The van der Waals surface area contributed by atoms with Crippen LogP contribution < -0.4 is 4.90 Å². The van der Waals surface area contributed by atoms with E-state index in [4.69, 9.17) is 9.78 Å². The van der Waals surface area contributed by atoms with E-state index >= 15 is 0 Å². The molecule has 1 aromatic heterocycles. The molecule has 23 heavy (non-hydrogen) atoms. The molecule has 0 unspecified atom stereocenters. The lowest BCUT2D eigenvalue weighted by Gasteiger charge is -2.19. The highest BCUT2D eigenvalue weighted by Gasteiger charge is 2.20. The number of anilines is 1. The van der Waals surface area contributed by atoms with Crippen molar-refractivity contribution in [2.75, 3.05) is 11.9 Å². The van der Waals surface area contributed by atoms with Gasteiger partial charge in [-0.15, -0.1) is 0 Å². The first kappa shape index (κ1) is 16.2. The SMILES string of the molecule is Cc1noc(C)c1CN(C)c1ccc(/C=C\C#N)cc1[N+](=O)[O-]. The van der Waals surface area contributed by atoms with Crippen LogP contribution in [0.2, 0.25) is 0 Å². The summed E-state index contributed by atoms with van der Waals surface area (Å²) in [5.41, 5.74) is 2.76. The molecule has 1 aromatic carbocycles. The minimum Gasteiger partial charge on any atom is -0.365 e. The molecule has 0 saturated heterocycles. The Morgan fingerprint density at radius 1 is 1.48 bits per heavy atom. The van der Waals surface area contributed by atoms with Crippen molar-refractivity contribution >= 4 is 17.5 Å². The molecule has 0 atom stereocenters. The van der Waals surface area contributed by atoms with Crippen molar-refractivity contribution in [1.29, 1.82) is 5.26 Å². The summed E-state index contributed by atoms with van der Waals surface area (Å²) < 4.78 is 5.12. The molecule has 7 nitrogen and oxygen atoms in total. The van der Waals surface area contributed by atoms with Crippen LogP contribution in [0.1, 0.15) is 22.6 Å². The summed E-state index contributed by atoms with van der Waals surface area (Å²) in [4.78, 5) is 12.7. The van der Waals surface area contributed by atoms with Gasteiger partial charge in [-0.2, -0.15) is 5.26 Å². The van der Waals surface area contributed by atoms with E-state index in [2.05, 4.69) is 5.16 Å². The van der Waals surface area contributed by atoms with Gasteiger partial charge >= 0.3 is 0 Å². The lowest BCUT2D eigenvalue weighted by atomic mass is 10.1. The van der Waals surface area contributed by atoms with Gasteiger partial charge in [-0.05, 0) is 31.6 Å². The number of nitro benzene ring substituents is 1. The van der Waals surface area contributed by atoms with Gasteiger partial charge in [0.2, 0.25) is 0 Å². The quantitative estimate of drug-likeness (QED) is 0.477. The first-order chi connectivity index (χ1) is 10.9. The number of hydrogen-bond acceptors (Lipinski definition) is 6. The first-order valence-corrected chi connectivity index (χ1v) is 6.91. The number of hydrogen-bond donors (Lipinski definition) is 0. The molecule has 2 rings (SSSR count). The van der Waals surface area contributed by atoms with Gasteiger partial charge in [-0.25, -0.2) is 0 Å². The minimum atomic E-state index is -0.428. The maximum absolute atomic E-state index is 11.3. The highest BCUT2D eigenvalue weighted by molar-refractivity contribution is 5.68. The van der Waals surface area contributed by atoms with Crippen LogP contribution >= 0.6 is 0 Å². The highest BCUT2D eigenvalue weighted by Crippen LogP contribution is 2.30. The molecule has 1 heterocycles. The van der Waals surface area contributed by atoms with Gasteiger partial charge in [0.1, 0.15) is 11.4 Å². The number of aryl methyl sites for hydroxylation is 2. The maximum atomic E-state index is 11.3. The average molecular weight is 312 g/mol. The molecule has 118 valence electrons. The van der Waals surface area contributed by atoms with E-state index in [1.807, 2.05) is 19.9 Å². The van der Waals surface area contributed by atoms with Gasteiger partial charge in [0.25, 0.3) is 5.69 Å². The van der Waals surface area contributed by atoms with Gasteiger partial charge in [0, 0.05) is 31.3 Å². The fourth-order valence-electron chi connectivity index (χ4n) is 2.30. The van der Waals surface area contributed by atoms with Gasteiger partial charge < -0.3 is 9.42 Å². The van der Waals surface area contributed by atoms with Crippen molar-refractivity contribution in [2.24, 2.45) is 0 Å². The number of rotatable bonds is 5. The van der Waals surface area contributed by atoms with Gasteiger partial charge in [0.05, 0.1) is 16.7 Å². The van der Waals surface area contributed by atoms with Crippen LogP contribution in [0, 0.1) is 35.3 Å². The molecule has 7 heteroatoms. The zero-order chi connectivity index (χ0) is 17.0. The van der Waals surface area contributed by atoms with Gasteiger partial charge in [0.15, 0.2) is 0 Å². The van der Waals surface area contributed by atoms with Crippen molar-refractivity contribution < 1.29 is 9.45 Å². The Kier molecular flexibility index (Phi) is 4.76. The normalized spacial score (nSPS) is 10.7. The predicted molar refractivity (Wildman–Crippen MR) is 85.8 cm³/mol. The van der Waals surface area contributed by atoms with E-state index in [9.17, 15) is 10.1 Å². The van der Waals surface area contributed by atoms with Crippen LogP contribution in [0.3, 0.4) is 0 Å². The van der Waals surface area contributed by atoms with Crippen molar-refractivity contribution in [3.05, 3.63) is 57.0 Å². The lowest BCUT2D eigenvalue weighted by Crippen LogP contribution is -2.18. The Morgan fingerprint density at radius 2 is 2.22 bits per heavy atom. The molecule has 0 amide bonds. The van der Waals surface area contributed by atoms with Crippen LogP contribution in [0.5, 0.6) is 0 Å². The second kappa shape index (κ2) is 6.75. The Labute approximate surface area is 133 Å². The third-order valence-electron chi connectivity index (χ3n) is 3.53. The predicted octanol–water partition coefficient (Wildman–Crippen LogP) is 3.37. The van der Waals surface area contributed by atoms with Gasteiger partial charge in [-0.1, -0.05) is 11.2 Å². The van der Waals surface area contributed by atoms with Crippen molar-refractivity contribution in [1.82, 2.24) is 5.16 Å². The average Bonchev–Trinajstić information content (AvgIpc) is 2.84. The second-order valence-electron chi connectivity index (χ2n) is 5.13. The lowest BCUT2D eigenvalue weighted by molar-refractivity contribution is -0.384. The summed E-state index contributed by atoms with van der Waals surface area (Å²) in [7, 11) is 1.78. The first-order valence-electron chi connectivity index (χ1n) is 6.91. The van der Waals surface area contributed by atoms with Crippen molar-refractivity contribution in [2.45, 2.75) is 20.4 Å². The van der Waals surface area contributed by atoms with Gasteiger partial charge in [-0.3, -0.25) is 10.1 Å². The molecule has 0 bridgehead atoms. The van der Waals surface area contributed by atoms with Crippen molar-refractivity contribution in [3.8, 4) is 6.07 Å². The number of nitrogens with zero attached hydrogens (tertiary/aromatic N) is 4. The van der Waals surface area contributed by atoms with E-state index < -0.39 is 4.92 Å². The Balaban J connectivity index is 2.36. The molecular weight excluding hydrogens is 296 g/mol. The summed E-state index contributed by atoms with van der Waals surface area (Å²) in [5.74, 6) is 0.700. The zero-order valence-electron chi connectivity index (χ0n) is 13.1. The number of benzene rings is 1. The number of allylic oxidation sites excluding steroid dienone is 1. The van der Waals surface area contributed by atoms with Crippen molar-refractivity contribution in [3.63, 3.8) is 0 Å². The fraction of sp³-hybridized carbons (Fsp3) is 0.250. The highest BCUT2D eigenvalue weighted by atomic mass is 16.6. The van der Waals surface area contributed by atoms with E-state index in [0.29, 0.717) is 23.6 Å². The summed E-state index contributed by atoms with van der Waals surface area (Å²) >= 11 is 0. The van der Waals surface area contributed by atoms with E-state index in [1.54, 1.807) is 24.1 Å². The van der Waals surface area contributed by atoms with Crippen LogP contribution in [0.15, 0.2) is 28.8 Å². The van der Waals surface area contributed by atoms with Crippen LogP contribution in [-0.4, -0.2) is 17.1 Å². The molecule has 0 aliphatic heterocycles. The Hall–Kier alpha value is -3.14. The molecule has 0 radical (unpaired) electrons. The van der Waals surface area contributed by atoms with Crippen LogP contribution in [-0.2, 0) is 6.54 Å². The van der Waals surface area contributed by atoms with E-state index in [0.717, 1.165) is 11.3 Å². The van der Waals surface area contributed by atoms with Crippen LogP contribution in [0.4, 0.5) is 11.4 Å². The molecular formula is C16H16N4O3. The number of nitriles is 1. The molecule has 0 N–H and O–H groups in total. The summed E-state index contributed by atoms with van der Waals surface area (Å²) in [6, 6.07) is 6.73. The molecule has 0 aliphatic carbocycles. The monoisotopic (exact) mass is 312 g/mol. The van der Waals surface area contributed by atoms with E-state index in [-0.39, 0.29) is 5.69 Å². The Morgan fingerprint density at radius 3 is 2.78 bits per heavy atom. The third-order valence-corrected chi connectivity index (χ3v) is 3.53. The second-order valence-corrected chi connectivity index (χ2v) is 5.13. The van der Waals surface area contributed by atoms with E-state index in [1.165, 1.54) is 18.2 Å². The molecule has 0 aliphatic rings. The Bertz CT molecular complexity index is 783. The summed E-state index contributed by atoms with van der Waals surface area (Å²) in [6.07, 6.45) is 2.82. The number of nitro groups is 1. The summed E-state index contributed by atoms with van der Waals surface area (Å²) in [6.45, 7) is 4.10. The standard InChI is InChI=1S/C16H16N4O3/c1-11-14(12(2)23-18-11)10-19(3)15-7-6-13(5-4-8-17)9-16(15)20(21)22/h4-7,9H,10H2,1-3H3/b5-4-. The molecule has 0 spiro atoms. The number of aromatic nitrogens is 1. The molecule has 0 saturated carbocycles. The smallest absolute Gasteiger partial charge is 0.293 e. The zero-order valence-corrected chi connectivity index (χ0v) is 13.1. The third kappa shape index (κ3) is 3.55.